The molecule has 0 amide bonds. The van der Waals surface area contributed by atoms with Crippen LogP contribution in [0.2, 0.25) is 4.34 Å². The van der Waals surface area contributed by atoms with Crippen molar-refractivity contribution in [2.75, 3.05) is 0 Å². The normalized spacial score (nSPS) is 10.4. The third kappa shape index (κ3) is 1.93. The Hall–Kier alpha value is -0.160. The Morgan fingerprint density at radius 1 is 1.36 bits per heavy atom. The van der Waals surface area contributed by atoms with Crippen molar-refractivity contribution < 1.29 is 4.79 Å². The van der Waals surface area contributed by atoms with Crippen molar-refractivity contribution in [3.8, 4) is 0 Å². The smallest absolute Gasteiger partial charge is 0.214 e. The van der Waals surface area contributed by atoms with Crippen molar-refractivity contribution >= 4 is 56.0 Å². The number of hydrogen-bond acceptors (Lipinski definition) is 3. The minimum Gasteiger partial charge on any atom is -0.287 e. The summed E-state index contributed by atoms with van der Waals surface area (Å²) in [5.74, 6) is 0.0313. The van der Waals surface area contributed by atoms with E-state index >= 15 is 0 Å². The van der Waals surface area contributed by atoms with Gasteiger partial charge in [0.05, 0.1) is 14.1 Å². The van der Waals surface area contributed by atoms with E-state index in [-0.39, 0.29) is 5.78 Å². The molecular weight excluding hydrogens is 304 g/mol. The van der Waals surface area contributed by atoms with E-state index in [2.05, 4.69) is 15.9 Å². The van der Waals surface area contributed by atoms with Crippen molar-refractivity contribution in [3.63, 3.8) is 0 Å². The summed E-state index contributed by atoms with van der Waals surface area (Å²) in [5.41, 5.74) is 0. The van der Waals surface area contributed by atoms with Gasteiger partial charge in [0.25, 0.3) is 0 Å². The van der Waals surface area contributed by atoms with Gasteiger partial charge in [0.1, 0.15) is 0 Å². The van der Waals surface area contributed by atoms with Crippen LogP contribution in [0.3, 0.4) is 0 Å². The number of hydrogen-bond donors (Lipinski definition) is 0. The number of rotatable bonds is 2. The lowest BCUT2D eigenvalue weighted by Gasteiger charge is -1.93. The number of carbonyl (C=O) groups is 1. The van der Waals surface area contributed by atoms with E-state index in [9.17, 15) is 4.79 Å². The molecule has 0 unspecified atom stereocenters. The van der Waals surface area contributed by atoms with Gasteiger partial charge < -0.3 is 0 Å². The van der Waals surface area contributed by atoms with Crippen LogP contribution in [0, 0.1) is 0 Å². The lowest BCUT2D eigenvalue weighted by Crippen LogP contribution is -1.95. The second-order valence-electron chi connectivity index (χ2n) is 2.53. The Balaban J connectivity index is 2.38. The van der Waals surface area contributed by atoms with Crippen LogP contribution in [0.5, 0.6) is 0 Å². The van der Waals surface area contributed by atoms with Gasteiger partial charge in [-0.3, -0.25) is 4.79 Å². The van der Waals surface area contributed by atoms with E-state index in [4.69, 9.17) is 11.6 Å². The number of carbonyl (C=O) groups excluding carboxylic acids is 1. The first-order valence-corrected chi connectivity index (χ1v) is 6.58. The van der Waals surface area contributed by atoms with Gasteiger partial charge in [-0.15, -0.1) is 22.7 Å². The summed E-state index contributed by atoms with van der Waals surface area (Å²) in [6.45, 7) is 0. The fourth-order valence-electron chi connectivity index (χ4n) is 1.00. The molecule has 0 saturated heterocycles. The first-order chi connectivity index (χ1) is 6.68. The molecular formula is C9H4BrClOS2. The maximum Gasteiger partial charge on any atom is 0.214 e. The second kappa shape index (κ2) is 4.14. The molecule has 2 rings (SSSR count). The highest BCUT2D eigenvalue weighted by Gasteiger charge is 2.15. The molecule has 0 aliphatic heterocycles. The van der Waals surface area contributed by atoms with E-state index in [0.29, 0.717) is 9.21 Å². The Morgan fingerprint density at radius 3 is 2.64 bits per heavy atom. The molecule has 1 nitrogen and oxygen atoms in total. The molecule has 5 heteroatoms. The molecule has 2 heterocycles. The Kier molecular flexibility index (Phi) is 3.07. The average molecular weight is 308 g/mol. The fraction of sp³-hybridized carbons (Fsp3) is 0. The van der Waals surface area contributed by atoms with Crippen LogP contribution in [0.25, 0.3) is 0 Å². The van der Waals surface area contributed by atoms with E-state index in [0.717, 1.165) is 9.35 Å². The summed E-state index contributed by atoms with van der Waals surface area (Å²) in [6, 6.07) is 5.36. The predicted molar refractivity (Wildman–Crippen MR) is 64.8 cm³/mol. The molecule has 0 aliphatic carbocycles. The van der Waals surface area contributed by atoms with Crippen LogP contribution >= 0.6 is 50.2 Å². The minimum atomic E-state index is 0.0313. The molecule has 14 heavy (non-hydrogen) atoms. The van der Waals surface area contributed by atoms with E-state index in [1.165, 1.54) is 22.7 Å². The quantitative estimate of drug-likeness (QED) is 0.749. The van der Waals surface area contributed by atoms with E-state index in [1.807, 2.05) is 11.4 Å². The Bertz CT molecular complexity index is 475. The highest BCUT2D eigenvalue weighted by molar-refractivity contribution is 9.10. The third-order valence-electron chi connectivity index (χ3n) is 1.62. The SMILES string of the molecule is O=C(c1ccc(Cl)s1)c1sccc1Br. The van der Waals surface area contributed by atoms with E-state index < -0.39 is 0 Å². The number of thiophene rings is 2. The molecule has 0 aliphatic rings. The monoisotopic (exact) mass is 306 g/mol. The van der Waals surface area contributed by atoms with Gasteiger partial charge in [0, 0.05) is 4.47 Å². The molecule has 0 fully saturated rings. The fourth-order valence-corrected chi connectivity index (χ4v) is 3.56. The summed E-state index contributed by atoms with van der Waals surface area (Å²) in [7, 11) is 0. The Labute approximate surface area is 102 Å². The van der Waals surface area contributed by atoms with Gasteiger partial charge in [-0.1, -0.05) is 11.6 Å². The standard InChI is InChI=1S/C9H4BrClOS2/c10-5-3-4-13-9(5)8(12)6-1-2-7(11)14-6/h1-4H. The second-order valence-corrected chi connectivity index (χ2v) is 6.02. The molecule has 0 bridgehead atoms. The van der Waals surface area contributed by atoms with Gasteiger partial charge in [0.15, 0.2) is 0 Å². The Morgan fingerprint density at radius 2 is 2.14 bits per heavy atom. The molecule has 72 valence electrons. The van der Waals surface area contributed by atoms with Crippen molar-refractivity contribution in [2.24, 2.45) is 0 Å². The van der Waals surface area contributed by atoms with Crippen LogP contribution in [0.15, 0.2) is 28.1 Å². The minimum absolute atomic E-state index is 0.0313. The summed E-state index contributed by atoms with van der Waals surface area (Å²) < 4.78 is 1.48. The maximum atomic E-state index is 11.9. The summed E-state index contributed by atoms with van der Waals surface area (Å²) in [5, 5.41) is 1.88. The zero-order valence-corrected chi connectivity index (χ0v) is 10.8. The summed E-state index contributed by atoms with van der Waals surface area (Å²) >= 11 is 11.8. The van der Waals surface area contributed by atoms with Crippen molar-refractivity contribution in [2.45, 2.75) is 0 Å². The summed E-state index contributed by atoms with van der Waals surface area (Å²) in [6.07, 6.45) is 0. The summed E-state index contributed by atoms with van der Waals surface area (Å²) in [4.78, 5) is 13.3. The maximum absolute atomic E-state index is 11.9. The molecule has 0 saturated carbocycles. The zero-order chi connectivity index (χ0) is 10.1. The molecule has 2 aromatic rings. The molecule has 0 atom stereocenters. The van der Waals surface area contributed by atoms with Crippen LogP contribution in [-0.2, 0) is 0 Å². The molecule has 0 spiro atoms. The van der Waals surface area contributed by atoms with Gasteiger partial charge >= 0.3 is 0 Å². The van der Waals surface area contributed by atoms with Gasteiger partial charge in [-0.05, 0) is 39.5 Å². The van der Waals surface area contributed by atoms with Crippen LogP contribution in [-0.4, -0.2) is 5.78 Å². The van der Waals surface area contributed by atoms with Gasteiger partial charge in [-0.25, -0.2) is 0 Å². The molecule has 0 radical (unpaired) electrons. The van der Waals surface area contributed by atoms with Gasteiger partial charge in [0.2, 0.25) is 5.78 Å². The highest BCUT2D eigenvalue weighted by atomic mass is 79.9. The van der Waals surface area contributed by atoms with Gasteiger partial charge in [-0.2, -0.15) is 0 Å². The zero-order valence-electron chi connectivity index (χ0n) is 6.79. The first kappa shape index (κ1) is 10.4. The highest BCUT2D eigenvalue weighted by Crippen LogP contribution is 2.29. The first-order valence-electron chi connectivity index (χ1n) is 3.71. The van der Waals surface area contributed by atoms with Crippen molar-refractivity contribution in [1.82, 2.24) is 0 Å². The van der Waals surface area contributed by atoms with Crippen LogP contribution in [0.4, 0.5) is 0 Å². The van der Waals surface area contributed by atoms with Crippen molar-refractivity contribution in [3.05, 3.63) is 42.1 Å². The largest absolute Gasteiger partial charge is 0.287 e. The lowest BCUT2D eigenvalue weighted by atomic mass is 10.3. The van der Waals surface area contributed by atoms with Crippen LogP contribution < -0.4 is 0 Å². The average Bonchev–Trinajstić information content (AvgIpc) is 2.73. The molecule has 0 N–H and O–H groups in total. The van der Waals surface area contributed by atoms with Crippen LogP contribution in [0.1, 0.15) is 14.5 Å². The lowest BCUT2D eigenvalue weighted by molar-refractivity contribution is 0.104. The number of ketones is 1. The third-order valence-corrected chi connectivity index (χ3v) is 4.69. The number of halogens is 2. The molecule has 0 aromatic carbocycles. The topological polar surface area (TPSA) is 17.1 Å². The predicted octanol–water partition coefficient (Wildman–Crippen LogP) is 4.46. The van der Waals surface area contributed by atoms with Crippen molar-refractivity contribution in [1.29, 1.82) is 0 Å². The van der Waals surface area contributed by atoms with E-state index in [1.54, 1.807) is 12.1 Å². The molecule has 2 aromatic heterocycles.